The average Bonchev–Trinajstić information content (AvgIpc) is 2.35. The summed E-state index contributed by atoms with van der Waals surface area (Å²) in [6, 6.07) is 8.09. The summed E-state index contributed by atoms with van der Waals surface area (Å²) in [4.78, 5) is 23.8. The molecule has 0 spiro atoms. The number of hydrogen-bond acceptors (Lipinski definition) is 3. The lowest BCUT2D eigenvalue weighted by molar-refractivity contribution is -0.157. The summed E-state index contributed by atoms with van der Waals surface area (Å²) in [5.41, 5.74) is 2.34. The van der Waals surface area contributed by atoms with Gasteiger partial charge in [-0.1, -0.05) is 29.8 Å². The van der Waals surface area contributed by atoms with Crippen molar-refractivity contribution in [2.24, 2.45) is 0 Å². The van der Waals surface area contributed by atoms with Crippen molar-refractivity contribution < 1.29 is 14.3 Å². The van der Waals surface area contributed by atoms with E-state index in [4.69, 9.17) is 0 Å². The minimum absolute atomic E-state index is 0.497. The molecule has 0 N–H and O–H groups in total. The van der Waals surface area contributed by atoms with Crippen LogP contribution in [0.5, 0.6) is 0 Å². The number of aryl methyl sites for hydroxylation is 1. The largest absolute Gasteiger partial charge is 0.462 e. The molecular formula is C13H17NO3. The molecule has 0 saturated heterocycles. The highest BCUT2D eigenvalue weighted by Gasteiger charge is 2.18. The summed E-state index contributed by atoms with van der Waals surface area (Å²) in [6.45, 7) is 2.52. The molecule has 0 aliphatic heterocycles. The minimum atomic E-state index is -0.823. The van der Waals surface area contributed by atoms with Crippen molar-refractivity contribution >= 4 is 11.9 Å². The van der Waals surface area contributed by atoms with Crippen LogP contribution in [0.15, 0.2) is 24.3 Å². The molecule has 1 aromatic rings. The fourth-order valence-corrected chi connectivity index (χ4v) is 1.40. The van der Waals surface area contributed by atoms with E-state index in [2.05, 4.69) is 4.74 Å². The van der Waals surface area contributed by atoms with E-state index in [1.165, 1.54) is 17.6 Å². The third-order valence-electron chi connectivity index (χ3n) is 2.56. The van der Waals surface area contributed by atoms with Crippen LogP contribution in [0.25, 0.3) is 0 Å². The number of likely N-dealkylation sites (N-methyl/N-ethyl adjacent to an activating group) is 1. The summed E-state index contributed by atoms with van der Waals surface area (Å²) in [5, 5.41) is 0. The Balaban J connectivity index is 2.48. The van der Waals surface area contributed by atoms with Crippen molar-refractivity contribution in [3.63, 3.8) is 0 Å². The Morgan fingerprint density at radius 1 is 1.24 bits per heavy atom. The number of methoxy groups -OCH3 is 1. The normalized spacial score (nSPS) is 9.82. The monoisotopic (exact) mass is 235 g/mol. The maximum absolute atomic E-state index is 11.4. The Labute approximate surface area is 101 Å². The van der Waals surface area contributed by atoms with E-state index >= 15 is 0 Å². The molecule has 1 rings (SSSR count). The standard InChI is InChI=1S/C13H17NO3/c1-10-4-6-11(7-5-10)8-9-14(2)12(15)13(16)17-3/h4-7H,8-9H2,1-3H3. The number of amides is 1. The van der Waals surface area contributed by atoms with Crippen LogP contribution in [-0.4, -0.2) is 37.5 Å². The van der Waals surface area contributed by atoms with Gasteiger partial charge in [0.25, 0.3) is 0 Å². The van der Waals surface area contributed by atoms with Gasteiger partial charge < -0.3 is 9.64 Å². The summed E-state index contributed by atoms with van der Waals surface area (Å²) < 4.78 is 4.37. The Morgan fingerprint density at radius 3 is 2.35 bits per heavy atom. The van der Waals surface area contributed by atoms with E-state index in [0.717, 1.165) is 12.0 Å². The first-order chi connectivity index (χ1) is 8.04. The average molecular weight is 235 g/mol. The van der Waals surface area contributed by atoms with Gasteiger partial charge in [0.05, 0.1) is 7.11 Å². The van der Waals surface area contributed by atoms with Crippen molar-refractivity contribution in [3.8, 4) is 0 Å². The van der Waals surface area contributed by atoms with Gasteiger partial charge in [0.15, 0.2) is 0 Å². The van der Waals surface area contributed by atoms with Gasteiger partial charge in [0.2, 0.25) is 0 Å². The fourth-order valence-electron chi connectivity index (χ4n) is 1.40. The number of hydrogen-bond donors (Lipinski definition) is 0. The van der Waals surface area contributed by atoms with Crippen molar-refractivity contribution in [1.82, 2.24) is 4.90 Å². The van der Waals surface area contributed by atoms with Crippen molar-refractivity contribution in [2.45, 2.75) is 13.3 Å². The Morgan fingerprint density at radius 2 is 1.82 bits per heavy atom. The summed E-state index contributed by atoms with van der Waals surface area (Å²) in [7, 11) is 2.79. The first-order valence-electron chi connectivity index (χ1n) is 5.43. The zero-order valence-corrected chi connectivity index (χ0v) is 10.4. The first kappa shape index (κ1) is 13.2. The van der Waals surface area contributed by atoms with Crippen LogP contribution < -0.4 is 0 Å². The molecule has 0 atom stereocenters. The second-order valence-electron chi connectivity index (χ2n) is 3.95. The van der Waals surface area contributed by atoms with E-state index in [1.807, 2.05) is 31.2 Å². The summed E-state index contributed by atoms with van der Waals surface area (Å²) >= 11 is 0. The van der Waals surface area contributed by atoms with Crippen molar-refractivity contribution in [3.05, 3.63) is 35.4 Å². The van der Waals surface area contributed by atoms with Gasteiger partial charge in [-0.05, 0) is 18.9 Å². The second-order valence-corrected chi connectivity index (χ2v) is 3.95. The molecule has 0 saturated carbocycles. The van der Waals surface area contributed by atoms with Crippen LogP contribution in [-0.2, 0) is 20.7 Å². The highest BCUT2D eigenvalue weighted by Crippen LogP contribution is 2.04. The van der Waals surface area contributed by atoms with E-state index < -0.39 is 11.9 Å². The van der Waals surface area contributed by atoms with Crippen molar-refractivity contribution in [2.75, 3.05) is 20.7 Å². The number of benzene rings is 1. The van der Waals surface area contributed by atoms with Crippen LogP contribution in [0.1, 0.15) is 11.1 Å². The summed E-state index contributed by atoms with van der Waals surface area (Å²) in [5.74, 6) is -1.43. The Hall–Kier alpha value is -1.84. The van der Waals surface area contributed by atoms with E-state index in [1.54, 1.807) is 7.05 Å². The molecule has 4 heteroatoms. The smallest absolute Gasteiger partial charge is 0.396 e. The lowest BCUT2D eigenvalue weighted by Gasteiger charge is -2.15. The van der Waals surface area contributed by atoms with Gasteiger partial charge in [0, 0.05) is 13.6 Å². The molecule has 4 nitrogen and oxygen atoms in total. The van der Waals surface area contributed by atoms with Gasteiger partial charge >= 0.3 is 11.9 Å². The molecule has 0 aliphatic rings. The van der Waals surface area contributed by atoms with Crippen LogP contribution in [0.4, 0.5) is 0 Å². The van der Waals surface area contributed by atoms with Gasteiger partial charge in [-0.25, -0.2) is 4.79 Å². The molecular weight excluding hydrogens is 218 g/mol. The van der Waals surface area contributed by atoms with Gasteiger partial charge in [-0.2, -0.15) is 0 Å². The third kappa shape index (κ3) is 3.90. The highest BCUT2D eigenvalue weighted by atomic mass is 16.5. The molecule has 0 heterocycles. The topological polar surface area (TPSA) is 46.6 Å². The Bertz CT molecular complexity index is 398. The Kier molecular flexibility index (Phi) is 4.69. The molecule has 17 heavy (non-hydrogen) atoms. The molecule has 0 aromatic heterocycles. The molecule has 1 amide bonds. The third-order valence-corrected chi connectivity index (χ3v) is 2.56. The lowest BCUT2D eigenvalue weighted by atomic mass is 10.1. The van der Waals surface area contributed by atoms with Crippen LogP contribution in [0.3, 0.4) is 0 Å². The van der Waals surface area contributed by atoms with Crippen LogP contribution in [0.2, 0.25) is 0 Å². The highest BCUT2D eigenvalue weighted by molar-refractivity contribution is 6.32. The van der Waals surface area contributed by atoms with Gasteiger partial charge in [-0.3, -0.25) is 4.79 Å². The molecule has 0 fully saturated rings. The molecule has 0 aliphatic carbocycles. The minimum Gasteiger partial charge on any atom is -0.462 e. The molecule has 1 aromatic carbocycles. The maximum Gasteiger partial charge on any atom is 0.396 e. The zero-order chi connectivity index (χ0) is 12.8. The SMILES string of the molecule is COC(=O)C(=O)N(C)CCc1ccc(C)cc1. The number of nitrogens with zero attached hydrogens (tertiary/aromatic N) is 1. The van der Waals surface area contributed by atoms with Crippen LogP contribution >= 0.6 is 0 Å². The molecule has 0 radical (unpaired) electrons. The first-order valence-corrected chi connectivity index (χ1v) is 5.43. The molecule has 0 unspecified atom stereocenters. The zero-order valence-electron chi connectivity index (χ0n) is 10.4. The van der Waals surface area contributed by atoms with Crippen molar-refractivity contribution in [1.29, 1.82) is 0 Å². The quantitative estimate of drug-likeness (QED) is 0.583. The van der Waals surface area contributed by atoms with E-state index in [-0.39, 0.29) is 0 Å². The number of carbonyl (C=O) groups is 2. The second kappa shape index (κ2) is 6.03. The molecule has 92 valence electrons. The number of esters is 1. The predicted octanol–water partition coefficient (Wildman–Crippen LogP) is 1.17. The fraction of sp³-hybridized carbons (Fsp3) is 0.385. The van der Waals surface area contributed by atoms with Gasteiger partial charge in [-0.15, -0.1) is 0 Å². The van der Waals surface area contributed by atoms with Gasteiger partial charge in [0.1, 0.15) is 0 Å². The number of carbonyl (C=O) groups excluding carboxylic acids is 2. The lowest BCUT2D eigenvalue weighted by Crippen LogP contribution is -2.35. The molecule has 0 bridgehead atoms. The van der Waals surface area contributed by atoms with E-state index in [0.29, 0.717) is 6.54 Å². The number of ether oxygens (including phenoxy) is 1. The van der Waals surface area contributed by atoms with E-state index in [9.17, 15) is 9.59 Å². The van der Waals surface area contributed by atoms with Crippen LogP contribution in [0, 0.1) is 6.92 Å². The number of rotatable bonds is 3. The maximum atomic E-state index is 11.4. The predicted molar refractivity (Wildman–Crippen MR) is 64.5 cm³/mol. The summed E-state index contributed by atoms with van der Waals surface area (Å²) in [6.07, 6.45) is 0.722.